The number of aryl methyl sites for hydroxylation is 2. The standard InChI is InChI=1S/C27H28N4O2/c1-3-18-17-22(4-2)30-31-24(20-9-6-5-7-10-20)23(28-25(18)31)19-11-13-21(14-12-19)27(15-8-16-27)29-26(32)33/h5-7,9-14,17,29H,3-4,8,15-16H2,1-2H3,(H,32,33). The van der Waals surface area contributed by atoms with Crippen molar-refractivity contribution in [1.82, 2.24) is 19.9 Å². The Morgan fingerprint density at radius 1 is 1.03 bits per heavy atom. The first kappa shape index (κ1) is 21.2. The summed E-state index contributed by atoms with van der Waals surface area (Å²) in [6.45, 7) is 4.27. The number of amides is 1. The van der Waals surface area contributed by atoms with E-state index in [1.807, 2.05) is 34.8 Å². The molecule has 4 aromatic rings. The lowest BCUT2D eigenvalue weighted by Gasteiger charge is -2.42. The molecule has 5 rings (SSSR count). The third-order valence-corrected chi connectivity index (χ3v) is 6.77. The summed E-state index contributed by atoms with van der Waals surface area (Å²) in [6, 6.07) is 20.6. The number of carbonyl (C=O) groups is 1. The topological polar surface area (TPSA) is 79.5 Å². The number of nitrogens with zero attached hydrogens (tertiary/aromatic N) is 3. The van der Waals surface area contributed by atoms with E-state index in [1.54, 1.807) is 0 Å². The molecule has 6 nitrogen and oxygen atoms in total. The minimum absolute atomic E-state index is 0.474. The van der Waals surface area contributed by atoms with E-state index in [0.29, 0.717) is 0 Å². The van der Waals surface area contributed by atoms with Gasteiger partial charge in [0.25, 0.3) is 0 Å². The third kappa shape index (κ3) is 3.65. The summed E-state index contributed by atoms with van der Waals surface area (Å²) < 4.78 is 2.00. The molecular formula is C27H28N4O2. The number of nitrogens with one attached hydrogen (secondary N) is 1. The van der Waals surface area contributed by atoms with Crippen LogP contribution in [-0.2, 0) is 18.4 Å². The maximum Gasteiger partial charge on any atom is 0.405 e. The highest BCUT2D eigenvalue weighted by Crippen LogP contribution is 2.42. The van der Waals surface area contributed by atoms with E-state index in [4.69, 9.17) is 10.1 Å². The van der Waals surface area contributed by atoms with Crippen LogP contribution >= 0.6 is 0 Å². The number of benzene rings is 2. The summed E-state index contributed by atoms with van der Waals surface area (Å²) in [7, 11) is 0. The number of carboxylic acid groups (broad SMARTS) is 1. The van der Waals surface area contributed by atoms with E-state index < -0.39 is 11.6 Å². The minimum atomic E-state index is -0.976. The summed E-state index contributed by atoms with van der Waals surface area (Å²) in [5.41, 5.74) is 7.56. The second-order valence-corrected chi connectivity index (χ2v) is 8.72. The highest BCUT2D eigenvalue weighted by Gasteiger charge is 2.40. The lowest BCUT2D eigenvalue weighted by atomic mass is 9.72. The summed E-state index contributed by atoms with van der Waals surface area (Å²) in [5.74, 6) is 0. The van der Waals surface area contributed by atoms with Gasteiger partial charge in [-0.25, -0.2) is 14.3 Å². The Balaban J connectivity index is 1.67. The molecule has 2 aromatic carbocycles. The van der Waals surface area contributed by atoms with Crippen LogP contribution in [0.25, 0.3) is 28.2 Å². The van der Waals surface area contributed by atoms with E-state index >= 15 is 0 Å². The summed E-state index contributed by atoms with van der Waals surface area (Å²) >= 11 is 0. The fraction of sp³-hybridized carbons (Fsp3) is 0.296. The highest BCUT2D eigenvalue weighted by molar-refractivity contribution is 5.82. The highest BCUT2D eigenvalue weighted by atomic mass is 16.4. The number of hydrogen-bond donors (Lipinski definition) is 2. The van der Waals surface area contributed by atoms with Gasteiger partial charge in [-0.1, -0.05) is 68.4 Å². The Labute approximate surface area is 193 Å². The van der Waals surface area contributed by atoms with Crippen LogP contribution in [0.4, 0.5) is 4.79 Å². The van der Waals surface area contributed by atoms with Crippen molar-refractivity contribution in [1.29, 1.82) is 0 Å². The number of rotatable bonds is 6. The molecule has 6 heteroatoms. The molecule has 0 saturated heterocycles. The lowest BCUT2D eigenvalue weighted by molar-refractivity contribution is 0.144. The van der Waals surface area contributed by atoms with E-state index in [-0.39, 0.29) is 0 Å². The molecule has 1 amide bonds. The Hall–Kier alpha value is -3.67. The van der Waals surface area contributed by atoms with Gasteiger partial charge in [-0.2, -0.15) is 5.10 Å². The van der Waals surface area contributed by atoms with Gasteiger partial charge in [-0.3, -0.25) is 0 Å². The number of imidazole rings is 1. The van der Waals surface area contributed by atoms with Crippen molar-refractivity contribution in [3.05, 3.63) is 77.5 Å². The predicted molar refractivity (Wildman–Crippen MR) is 129 cm³/mol. The molecule has 1 aliphatic carbocycles. The van der Waals surface area contributed by atoms with Gasteiger partial charge >= 0.3 is 6.09 Å². The molecule has 0 radical (unpaired) electrons. The normalized spacial score (nSPS) is 14.7. The second-order valence-electron chi connectivity index (χ2n) is 8.72. The summed E-state index contributed by atoms with van der Waals surface area (Å²) in [6.07, 6.45) is 3.44. The zero-order valence-electron chi connectivity index (χ0n) is 19.0. The first-order valence-electron chi connectivity index (χ1n) is 11.6. The molecule has 1 fully saturated rings. The molecule has 1 saturated carbocycles. The fourth-order valence-electron chi connectivity index (χ4n) is 4.80. The van der Waals surface area contributed by atoms with Crippen molar-refractivity contribution in [2.45, 2.75) is 51.5 Å². The van der Waals surface area contributed by atoms with E-state index in [0.717, 1.165) is 71.5 Å². The number of hydrogen-bond acceptors (Lipinski definition) is 3. The van der Waals surface area contributed by atoms with Crippen LogP contribution in [0, 0.1) is 0 Å². The third-order valence-electron chi connectivity index (χ3n) is 6.77. The van der Waals surface area contributed by atoms with Crippen molar-refractivity contribution in [3.63, 3.8) is 0 Å². The van der Waals surface area contributed by atoms with Crippen LogP contribution in [0.2, 0.25) is 0 Å². The molecule has 0 aliphatic heterocycles. The first-order chi connectivity index (χ1) is 16.0. The predicted octanol–water partition coefficient (Wildman–Crippen LogP) is 5.83. The molecule has 1 aliphatic rings. The minimum Gasteiger partial charge on any atom is -0.465 e. The molecule has 0 unspecified atom stereocenters. The number of fused-ring (bicyclic) bond motifs is 1. The quantitative estimate of drug-likeness (QED) is 0.395. The average molecular weight is 441 g/mol. The largest absolute Gasteiger partial charge is 0.465 e. The first-order valence-corrected chi connectivity index (χ1v) is 11.6. The van der Waals surface area contributed by atoms with Crippen molar-refractivity contribution in [2.75, 3.05) is 0 Å². The Bertz CT molecular complexity index is 1310. The molecule has 0 spiro atoms. The van der Waals surface area contributed by atoms with Crippen LogP contribution in [-0.4, -0.2) is 25.8 Å². The maximum absolute atomic E-state index is 11.4. The maximum atomic E-state index is 11.4. The zero-order valence-corrected chi connectivity index (χ0v) is 19.0. The van der Waals surface area contributed by atoms with Gasteiger partial charge in [-0.15, -0.1) is 0 Å². The van der Waals surface area contributed by atoms with Crippen molar-refractivity contribution < 1.29 is 9.90 Å². The van der Waals surface area contributed by atoms with E-state index in [1.165, 1.54) is 5.56 Å². The Kier molecular flexibility index (Phi) is 5.36. The SMILES string of the molecule is CCc1cc(CC)c2nc(-c3ccc(C4(NC(=O)O)CCC4)cc3)c(-c3ccccc3)n2n1. The molecule has 0 bridgehead atoms. The van der Waals surface area contributed by atoms with Gasteiger partial charge < -0.3 is 10.4 Å². The van der Waals surface area contributed by atoms with Crippen molar-refractivity contribution in [3.8, 4) is 22.5 Å². The summed E-state index contributed by atoms with van der Waals surface area (Å²) in [5, 5.41) is 17.0. The van der Waals surface area contributed by atoms with Crippen LogP contribution in [0.15, 0.2) is 60.7 Å². The van der Waals surface area contributed by atoms with Crippen LogP contribution < -0.4 is 5.32 Å². The van der Waals surface area contributed by atoms with Gasteiger partial charge in [0.1, 0.15) is 5.69 Å². The Morgan fingerprint density at radius 3 is 2.33 bits per heavy atom. The summed E-state index contributed by atoms with van der Waals surface area (Å²) in [4.78, 5) is 16.4. The van der Waals surface area contributed by atoms with E-state index in [9.17, 15) is 9.90 Å². The van der Waals surface area contributed by atoms with Crippen LogP contribution in [0.3, 0.4) is 0 Å². The van der Waals surface area contributed by atoms with Crippen LogP contribution in [0.5, 0.6) is 0 Å². The fourth-order valence-corrected chi connectivity index (χ4v) is 4.80. The van der Waals surface area contributed by atoms with Gasteiger partial charge in [0, 0.05) is 11.1 Å². The molecule has 0 atom stereocenters. The smallest absolute Gasteiger partial charge is 0.405 e. The molecule has 2 aromatic heterocycles. The Morgan fingerprint density at radius 2 is 1.76 bits per heavy atom. The van der Waals surface area contributed by atoms with Gasteiger partial charge in [0.15, 0.2) is 5.65 Å². The zero-order chi connectivity index (χ0) is 23.0. The lowest BCUT2D eigenvalue weighted by Crippen LogP contribution is -2.50. The molecule has 2 N–H and O–H groups in total. The second kappa shape index (κ2) is 8.35. The molecule has 33 heavy (non-hydrogen) atoms. The van der Waals surface area contributed by atoms with Crippen molar-refractivity contribution >= 4 is 11.7 Å². The van der Waals surface area contributed by atoms with E-state index in [2.05, 4.69) is 49.5 Å². The molecular weight excluding hydrogens is 412 g/mol. The van der Waals surface area contributed by atoms with Crippen LogP contribution in [0.1, 0.15) is 49.9 Å². The number of aromatic nitrogens is 3. The average Bonchev–Trinajstić information content (AvgIpc) is 3.20. The van der Waals surface area contributed by atoms with Gasteiger partial charge in [0.05, 0.1) is 16.9 Å². The van der Waals surface area contributed by atoms with Gasteiger partial charge in [0.2, 0.25) is 0 Å². The van der Waals surface area contributed by atoms with Crippen molar-refractivity contribution in [2.24, 2.45) is 0 Å². The molecule has 2 heterocycles. The van der Waals surface area contributed by atoms with Gasteiger partial charge in [-0.05, 0) is 49.3 Å². The monoisotopic (exact) mass is 440 g/mol. The molecule has 168 valence electrons.